The average Bonchev–Trinajstić information content (AvgIpc) is 3.12. The number of carbonyl (C=O) groups excluding carboxylic acids is 2. The lowest BCUT2D eigenvalue weighted by Gasteiger charge is -2.16. The Morgan fingerprint density at radius 3 is 2.54 bits per heavy atom. The molecule has 1 N–H and O–H groups in total. The number of hydrogen-bond donors (Lipinski definition) is 1. The number of thioether (sulfide) groups is 1. The Morgan fingerprint density at radius 1 is 1.16 bits per heavy atom. The van der Waals surface area contributed by atoms with Crippen LogP contribution < -0.4 is 14.9 Å². The van der Waals surface area contributed by atoms with E-state index in [-0.39, 0.29) is 16.7 Å². The van der Waals surface area contributed by atoms with E-state index >= 15 is 0 Å². The molecular weight excluding hydrogens is 603 g/mol. The largest absolute Gasteiger partial charge is 0.490 e. The molecule has 0 saturated carbocycles. The third-order valence-corrected chi connectivity index (χ3v) is 7.18. The molecular formula is C26H19BrClFN2O4S2. The van der Waals surface area contributed by atoms with Crippen molar-refractivity contribution in [2.45, 2.75) is 13.5 Å². The Bertz CT molecular complexity index is 1380. The SMILES string of the molecule is CCOc1cc(/C=C2\SC(=S)N(NC(=O)c3ccc(Cl)cc3)C2=O)cc(Br)c1OCc1ccc(F)cc1. The van der Waals surface area contributed by atoms with Crippen LogP contribution in [0, 0.1) is 5.82 Å². The van der Waals surface area contributed by atoms with Gasteiger partial charge in [-0.2, -0.15) is 5.01 Å². The molecule has 37 heavy (non-hydrogen) atoms. The van der Waals surface area contributed by atoms with Crippen LogP contribution in [0.3, 0.4) is 0 Å². The predicted octanol–water partition coefficient (Wildman–Crippen LogP) is 6.77. The highest BCUT2D eigenvalue weighted by Gasteiger charge is 2.34. The summed E-state index contributed by atoms with van der Waals surface area (Å²) in [6.45, 7) is 2.45. The first-order valence-electron chi connectivity index (χ1n) is 10.9. The molecule has 1 fully saturated rings. The van der Waals surface area contributed by atoms with E-state index in [2.05, 4.69) is 21.4 Å². The van der Waals surface area contributed by atoms with Gasteiger partial charge in [-0.1, -0.05) is 35.5 Å². The maximum absolute atomic E-state index is 13.2. The quantitative estimate of drug-likeness (QED) is 0.221. The van der Waals surface area contributed by atoms with E-state index in [0.717, 1.165) is 22.3 Å². The number of benzene rings is 3. The molecule has 0 atom stereocenters. The van der Waals surface area contributed by atoms with Crippen molar-refractivity contribution < 1.29 is 23.5 Å². The van der Waals surface area contributed by atoms with Crippen molar-refractivity contribution in [2.75, 3.05) is 6.61 Å². The number of nitrogens with one attached hydrogen (secondary N) is 1. The summed E-state index contributed by atoms with van der Waals surface area (Å²) in [5.41, 5.74) is 4.33. The van der Waals surface area contributed by atoms with Gasteiger partial charge in [0, 0.05) is 10.6 Å². The van der Waals surface area contributed by atoms with E-state index in [4.69, 9.17) is 33.3 Å². The van der Waals surface area contributed by atoms with Gasteiger partial charge in [-0.05, 0) is 101 Å². The van der Waals surface area contributed by atoms with Crippen molar-refractivity contribution in [3.8, 4) is 11.5 Å². The first kappa shape index (κ1) is 27.1. The molecule has 190 valence electrons. The summed E-state index contributed by atoms with van der Waals surface area (Å²) in [5, 5.41) is 1.54. The summed E-state index contributed by atoms with van der Waals surface area (Å²) in [7, 11) is 0. The summed E-state index contributed by atoms with van der Waals surface area (Å²) in [4.78, 5) is 25.9. The Balaban J connectivity index is 1.52. The summed E-state index contributed by atoms with van der Waals surface area (Å²) in [5.74, 6) is -0.316. The number of nitrogens with zero attached hydrogens (tertiary/aromatic N) is 1. The van der Waals surface area contributed by atoms with Gasteiger partial charge in [-0.3, -0.25) is 15.0 Å². The minimum atomic E-state index is -0.488. The molecule has 1 heterocycles. The van der Waals surface area contributed by atoms with Crippen LogP contribution in [0.1, 0.15) is 28.4 Å². The second kappa shape index (κ2) is 12.1. The van der Waals surface area contributed by atoms with E-state index in [1.165, 1.54) is 12.1 Å². The number of hydrazine groups is 1. The number of amides is 2. The van der Waals surface area contributed by atoms with Gasteiger partial charge in [0.1, 0.15) is 12.4 Å². The maximum Gasteiger partial charge on any atom is 0.285 e. The Hall–Kier alpha value is -2.92. The fourth-order valence-corrected chi connectivity index (χ4v) is 5.17. The molecule has 1 saturated heterocycles. The molecule has 2 amide bonds. The molecule has 4 rings (SSSR count). The van der Waals surface area contributed by atoms with Crippen LogP contribution in [0.4, 0.5) is 4.39 Å². The van der Waals surface area contributed by atoms with Crippen molar-refractivity contribution in [3.05, 3.63) is 97.6 Å². The molecule has 0 bridgehead atoms. The van der Waals surface area contributed by atoms with Crippen molar-refractivity contribution in [2.24, 2.45) is 0 Å². The first-order valence-corrected chi connectivity index (χ1v) is 13.3. The van der Waals surface area contributed by atoms with Gasteiger partial charge in [0.25, 0.3) is 11.8 Å². The number of hydrogen-bond acceptors (Lipinski definition) is 6. The van der Waals surface area contributed by atoms with Gasteiger partial charge in [-0.15, -0.1) is 0 Å². The number of rotatable bonds is 8. The summed E-state index contributed by atoms with van der Waals surface area (Å²) in [6, 6.07) is 15.8. The molecule has 0 radical (unpaired) electrons. The van der Waals surface area contributed by atoms with E-state index in [0.29, 0.717) is 43.6 Å². The van der Waals surface area contributed by atoms with Crippen LogP contribution >= 0.6 is 51.5 Å². The number of ether oxygens (including phenoxy) is 2. The minimum absolute atomic E-state index is 0.196. The number of carbonyl (C=O) groups is 2. The van der Waals surface area contributed by atoms with E-state index in [1.54, 1.807) is 54.6 Å². The molecule has 6 nitrogen and oxygen atoms in total. The monoisotopic (exact) mass is 620 g/mol. The van der Waals surface area contributed by atoms with E-state index in [9.17, 15) is 14.0 Å². The number of halogens is 3. The molecule has 0 aromatic heterocycles. The molecule has 3 aromatic carbocycles. The zero-order valence-electron chi connectivity index (χ0n) is 19.3. The highest BCUT2D eigenvalue weighted by atomic mass is 79.9. The first-order chi connectivity index (χ1) is 17.7. The molecule has 1 aliphatic heterocycles. The van der Waals surface area contributed by atoms with Crippen LogP contribution in [0.5, 0.6) is 11.5 Å². The highest BCUT2D eigenvalue weighted by molar-refractivity contribution is 9.10. The molecule has 0 aliphatic carbocycles. The fraction of sp³-hybridized carbons (Fsp3) is 0.115. The zero-order valence-corrected chi connectivity index (χ0v) is 23.3. The minimum Gasteiger partial charge on any atom is -0.490 e. The van der Waals surface area contributed by atoms with Crippen LogP contribution in [0.25, 0.3) is 6.08 Å². The second-order valence-electron chi connectivity index (χ2n) is 7.64. The van der Waals surface area contributed by atoms with Crippen molar-refractivity contribution >= 4 is 73.7 Å². The van der Waals surface area contributed by atoms with Gasteiger partial charge in [-0.25, -0.2) is 4.39 Å². The predicted molar refractivity (Wildman–Crippen MR) is 150 cm³/mol. The van der Waals surface area contributed by atoms with Crippen LogP contribution in [-0.2, 0) is 11.4 Å². The smallest absolute Gasteiger partial charge is 0.285 e. The van der Waals surface area contributed by atoms with Crippen LogP contribution in [-0.4, -0.2) is 27.8 Å². The maximum atomic E-state index is 13.2. The Labute approximate surface area is 235 Å². The molecule has 1 aliphatic rings. The Kier molecular flexibility index (Phi) is 8.86. The molecule has 0 spiro atoms. The molecule has 0 unspecified atom stereocenters. The molecule has 11 heteroatoms. The van der Waals surface area contributed by atoms with Gasteiger partial charge in [0.05, 0.1) is 16.0 Å². The lowest BCUT2D eigenvalue weighted by molar-refractivity contribution is -0.123. The van der Waals surface area contributed by atoms with Crippen molar-refractivity contribution in [1.82, 2.24) is 10.4 Å². The van der Waals surface area contributed by atoms with Gasteiger partial charge in [0.2, 0.25) is 0 Å². The third kappa shape index (κ3) is 6.70. The highest BCUT2D eigenvalue weighted by Crippen LogP contribution is 2.39. The summed E-state index contributed by atoms with van der Waals surface area (Å²) in [6.07, 6.45) is 1.66. The lowest BCUT2D eigenvalue weighted by Crippen LogP contribution is -2.44. The van der Waals surface area contributed by atoms with Gasteiger partial charge >= 0.3 is 0 Å². The van der Waals surface area contributed by atoms with Crippen LogP contribution in [0.15, 0.2) is 70.0 Å². The summed E-state index contributed by atoms with van der Waals surface area (Å²) >= 11 is 15.8. The second-order valence-corrected chi connectivity index (χ2v) is 10.6. The fourth-order valence-electron chi connectivity index (χ4n) is 3.29. The zero-order chi connectivity index (χ0) is 26.5. The van der Waals surface area contributed by atoms with E-state index in [1.807, 2.05) is 6.92 Å². The van der Waals surface area contributed by atoms with Gasteiger partial charge in [0.15, 0.2) is 15.8 Å². The van der Waals surface area contributed by atoms with E-state index < -0.39 is 11.8 Å². The topological polar surface area (TPSA) is 67.9 Å². The van der Waals surface area contributed by atoms with Crippen molar-refractivity contribution in [3.63, 3.8) is 0 Å². The lowest BCUT2D eigenvalue weighted by atomic mass is 10.1. The normalized spacial score (nSPS) is 14.3. The standard InChI is InChI=1S/C26H19BrClFN2O4S2/c1-2-34-21-12-16(11-20(27)23(21)35-14-15-3-9-19(29)10-4-15)13-22-25(33)31(26(36)37-22)30-24(32)17-5-7-18(28)8-6-17/h3-13H,2,14H2,1H3,(H,30,32)/b22-13-. The van der Waals surface area contributed by atoms with Gasteiger partial charge < -0.3 is 9.47 Å². The molecule has 3 aromatic rings. The number of thiocarbonyl (C=S) groups is 1. The van der Waals surface area contributed by atoms with Crippen molar-refractivity contribution in [1.29, 1.82) is 0 Å². The third-order valence-electron chi connectivity index (χ3n) is 5.04. The Morgan fingerprint density at radius 2 is 1.86 bits per heavy atom. The summed E-state index contributed by atoms with van der Waals surface area (Å²) < 4.78 is 25.7. The van der Waals surface area contributed by atoms with Crippen LogP contribution in [0.2, 0.25) is 5.02 Å². The average molecular weight is 622 g/mol.